The number of aryl methyl sites for hydroxylation is 1. The number of carbonyl (C=O) groups is 1. The Bertz CT molecular complexity index is 591. The number of hydrogen-bond donors (Lipinski definition) is 1. The van der Waals surface area contributed by atoms with E-state index in [-0.39, 0.29) is 11.7 Å². The van der Waals surface area contributed by atoms with E-state index >= 15 is 0 Å². The molecule has 0 unspecified atom stereocenters. The molecule has 0 aliphatic rings. The van der Waals surface area contributed by atoms with Crippen molar-refractivity contribution < 1.29 is 4.79 Å². The van der Waals surface area contributed by atoms with Crippen LogP contribution < -0.4 is 5.73 Å². The molecule has 0 aliphatic heterocycles. The van der Waals surface area contributed by atoms with E-state index in [1.807, 2.05) is 0 Å². The average molecular weight is 310 g/mol. The fourth-order valence-electron chi connectivity index (χ4n) is 1.85. The van der Waals surface area contributed by atoms with Gasteiger partial charge in [-0.2, -0.15) is 0 Å². The maximum absolute atomic E-state index is 10.9. The van der Waals surface area contributed by atoms with Crippen molar-refractivity contribution in [3.05, 3.63) is 16.3 Å². The molecule has 5 nitrogen and oxygen atoms in total. The molecule has 0 saturated carbocycles. The van der Waals surface area contributed by atoms with Crippen molar-refractivity contribution in [1.29, 1.82) is 0 Å². The standard InChI is InChI=1S/C13H18N4OS2/c1-3-5-17-12(9-6-10(4-2)19-7-9)15-16-13(17)20-8-11(14)18/h6-7H,3-5,8H2,1-2H3,(H2,14,18). The highest BCUT2D eigenvalue weighted by Crippen LogP contribution is 2.28. The van der Waals surface area contributed by atoms with Crippen molar-refractivity contribution in [1.82, 2.24) is 14.8 Å². The first-order chi connectivity index (χ1) is 9.65. The van der Waals surface area contributed by atoms with Gasteiger partial charge in [0, 0.05) is 22.4 Å². The monoisotopic (exact) mass is 310 g/mol. The summed E-state index contributed by atoms with van der Waals surface area (Å²) in [6, 6.07) is 2.16. The lowest BCUT2D eigenvalue weighted by Gasteiger charge is -2.07. The SMILES string of the molecule is CCCn1c(SCC(N)=O)nnc1-c1csc(CC)c1. The fourth-order valence-corrected chi connectivity index (χ4v) is 3.37. The van der Waals surface area contributed by atoms with Crippen LogP contribution in [0.1, 0.15) is 25.1 Å². The van der Waals surface area contributed by atoms with Gasteiger partial charge in [0.15, 0.2) is 11.0 Å². The average Bonchev–Trinajstić information content (AvgIpc) is 3.03. The Morgan fingerprint density at radius 1 is 1.45 bits per heavy atom. The molecule has 2 aromatic rings. The van der Waals surface area contributed by atoms with Crippen LogP contribution in [-0.4, -0.2) is 26.4 Å². The summed E-state index contributed by atoms with van der Waals surface area (Å²) in [5.74, 6) is 0.757. The van der Waals surface area contributed by atoms with Gasteiger partial charge in [-0.05, 0) is 18.9 Å². The van der Waals surface area contributed by atoms with Gasteiger partial charge in [-0.15, -0.1) is 21.5 Å². The minimum absolute atomic E-state index is 0.228. The summed E-state index contributed by atoms with van der Waals surface area (Å²) in [5.41, 5.74) is 6.28. The molecule has 0 bridgehead atoms. The van der Waals surface area contributed by atoms with Crippen LogP contribution in [-0.2, 0) is 17.8 Å². The van der Waals surface area contributed by atoms with E-state index in [0.29, 0.717) is 0 Å². The molecule has 1 amide bonds. The second-order valence-electron chi connectivity index (χ2n) is 4.37. The summed E-state index contributed by atoms with van der Waals surface area (Å²) in [6.07, 6.45) is 2.01. The third-order valence-corrected chi connectivity index (χ3v) is 4.84. The molecule has 20 heavy (non-hydrogen) atoms. The molecule has 2 rings (SSSR count). The molecule has 0 spiro atoms. The van der Waals surface area contributed by atoms with Gasteiger partial charge in [-0.1, -0.05) is 25.6 Å². The van der Waals surface area contributed by atoms with Gasteiger partial charge in [-0.25, -0.2) is 0 Å². The van der Waals surface area contributed by atoms with Crippen LogP contribution in [0.25, 0.3) is 11.4 Å². The molecule has 108 valence electrons. The van der Waals surface area contributed by atoms with Crippen LogP contribution in [0.5, 0.6) is 0 Å². The van der Waals surface area contributed by atoms with E-state index in [1.54, 1.807) is 11.3 Å². The molecular weight excluding hydrogens is 292 g/mol. The Balaban J connectivity index is 2.30. The summed E-state index contributed by atoms with van der Waals surface area (Å²) >= 11 is 3.08. The number of aromatic nitrogens is 3. The Hall–Kier alpha value is -1.34. The number of nitrogens with zero attached hydrogens (tertiary/aromatic N) is 3. The second kappa shape index (κ2) is 6.90. The van der Waals surface area contributed by atoms with Crippen molar-refractivity contribution >= 4 is 29.0 Å². The maximum Gasteiger partial charge on any atom is 0.227 e. The van der Waals surface area contributed by atoms with Crippen LogP contribution in [0, 0.1) is 0 Å². The zero-order valence-corrected chi connectivity index (χ0v) is 13.3. The Kier molecular flexibility index (Phi) is 5.19. The highest BCUT2D eigenvalue weighted by Gasteiger charge is 2.15. The van der Waals surface area contributed by atoms with Gasteiger partial charge < -0.3 is 10.3 Å². The number of amides is 1. The molecule has 7 heteroatoms. The normalized spacial score (nSPS) is 10.9. The predicted octanol–water partition coefficient (Wildman–Crippen LogP) is 2.56. The molecule has 2 aromatic heterocycles. The molecule has 0 radical (unpaired) electrons. The predicted molar refractivity (Wildman–Crippen MR) is 82.9 cm³/mol. The molecule has 0 aliphatic carbocycles. The van der Waals surface area contributed by atoms with Crippen LogP contribution in [0.3, 0.4) is 0 Å². The van der Waals surface area contributed by atoms with Gasteiger partial charge in [0.05, 0.1) is 5.75 Å². The zero-order valence-electron chi connectivity index (χ0n) is 11.6. The molecule has 2 heterocycles. The van der Waals surface area contributed by atoms with E-state index in [2.05, 4.69) is 40.1 Å². The molecule has 0 atom stereocenters. The minimum Gasteiger partial charge on any atom is -0.369 e. The zero-order chi connectivity index (χ0) is 14.5. The fraction of sp³-hybridized carbons (Fsp3) is 0.462. The summed E-state index contributed by atoms with van der Waals surface area (Å²) in [5, 5.41) is 11.3. The topological polar surface area (TPSA) is 73.8 Å². The first-order valence-electron chi connectivity index (χ1n) is 6.57. The molecular formula is C13H18N4OS2. The Labute approximate surface area is 126 Å². The smallest absolute Gasteiger partial charge is 0.227 e. The van der Waals surface area contributed by atoms with Crippen molar-refractivity contribution in [2.24, 2.45) is 5.73 Å². The van der Waals surface area contributed by atoms with E-state index in [4.69, 9.17) is 5.73 Å². The van der Waals surface area contributed by atoms with Gasteiger partial charge in [0.2, 0.25) is 5.91 Å². The number of nitrogens with two attached hydrogens (primary N) is 1. The Morgan fingerprint density at radius 3 is 2.85 bits per heavy atom. The molecule has 0 aromatic carbocycles. The quantitative estimate of drug-likeness (QED) is 0.798. The first kappa shape index (κ1) is 15.1. The number of rotatable bonds is 7. The highest BCUT2D eigenvalue weighted by atomic mass is 32.2. The number of hydrogen-bond acceptors (Lipinski definition) is 5. The number of carbonyl (C=O) groups excluding carboxylic acids is 1. The van der Waals surface area contributed by atoms with E-state index in [1.165, 1.54) is 16.6 Å². The summed E-state index contributed by atoms with van der Waals surface area (Å²) < 4.78 is 2.06. The minimum atomic E-state index is -0.341. The summed E-state index contributed by atoms with van der Waals surface area (Å²) in [6.45, 7) is 5.08. The molecule has 2 N–H and O–H groups in total. The molecule has 0 saturated heterocycles. The van der Waals surface area contributed by atoms with Crippen molar-refractivity contribution in [2.75, 3.05) is 5.75 Å². The third-order valence-electron chi connectivity index (χ3n) is 2.77. The van der Waals surface area contributed by atoms with E-state index in [0.717, 1.165) is 35.9 Å². The summed E-state index contributed by atoms with van der Waals surface area (Å²) in [7, 11) is 0. The van der Waals surface area contributed by atoms with E-state index in [9.17, 15) is 4.79 Å². The van der Waals surface area contributed by atoms with Gasteiger partial charge in [0.1, 0.15) is 0 Å². The lowest BCUT2D eigenvalue weighted by Crippen LogP contribution is -2.14. The maximum atomic E-state index is 10.9. The number of primary amides is 1. The Morgan fingerprint density at radius 2 is 2.25 bits per heavy atom. The number of thioether (sulfide) groups is 1. The van der Waals surface area contributed by atoms with Crippen molar-refractivity contribution in [3.8, 4) is 11.4 Å². The van der Waals surface area contributed by atoms with Crippen LogP contribution >= 0.6 is 23.1 Å². The van der Waals surface area contributed by atoms with Crippen molar-refractivity contribution in [3.63, 3.8) is 0 Å². The largest absolute Gasteiger partial charge is 0.369 e. The van der Waals surface area contributed by atoms with Crippen LogP contribution in [0.4, 0.5) is 0 Å². The van der Waals surface area contributed by atoms with Crippen LogP contribution in [0.15, 0.2) is 16.6 Å². The van der Waals surface area contributed by atoms with Crippen molar-refractivity contribution in [2.45, 2.75) is 38.4 Å². The lowest BCUT2D eigenvalue weighted by molar-refractivity contribution is -0.115. The van der Waals surface area contributed by atoms with E-state index < -0.39 is 0 Å². The summed E-state index contributed by atoms with van der Waals surface area (Å²) in [4.78, 5) is 12.2. The lowest BCUT2D eigenvalue weighted by atomic mass is 10.2. The van der Waals surface area contributed by atoms with Gasteiger partial charge in [0.25, 0.3) is 0 Å². The van der Waals surface area contributed by atoms with Gasteiger partial charge >= 0.3 is 0 Å². The van der Waals surface area contributed by atoms with Crippen LogP contribution in [0.2, 0.25) is 0 Å². The highest BCUT2D eigenvalue weighted by molar-refractivity contribution is 7.99. The third kappa shape index (κ3) is 3.40. The number of thiophene rings is 1. The van der Waals surface area contributed by atoms with Gasteiger partial charge in [-0.3, -0.25) is 4.79 Å². The first-order valence-corrected chi connectivity index (χ1v) is 8.44. The molecule has 0 fully saturated rings. The second-order valence-corrected chi connectivity index (χ2v) is 6.31.